The first-order chi connectivity index (χ1) is 7.13. The third kappa shape index (κ3) is 3.62. The molecule has 0 aliphatic heterocycles. The van der Waals surface area contributed by atoms with Crippen LogP contribution in [0.4, 0.5) is 4.79 Å². The molecule has 1 aromatic rings. The molecule has 82 valence electrons. The molecule has 0 radical (unpaired) electrons. The van der Waals surface area contributed by atoms with Gasteiger partial charge in [-0.15, -0.1) is 0 Å². The smallest absolute Gasteiger partial charge is 0.409 e. The lowest BCUT2D eigenvalue weighted by Crippen LogP contribution is -2.16. The van der Waals surface area contributed by atoms with Crippen molar-refractivity contribution >= 4 is 6.09 Å². The van der Waals surface area contributed by atoms with Gasteiger partial charge in [-0.3, -0.25) is 0 Å². The molecule has 1 atom stereocenters. The predicted octanol–water partition coefficient (Wildman–Crippen LogP) is 3.05. The van der Waals surface area contributed by atoms with Crippen LogP contribution >= 0.6 is 0 Å². The summed E-state index contributed by atoms with van der Waals surface area (Å²) in [5.41, 5.74) is 6.12. The number of carbonyl (C=O) groups excluding carboxylic acids is 1. The highest BCUT2D eigenvalue weighted by Crippen LogP contribution is 2.24. The van der Waals surface area contributed by atoms with Gasteiger partial charge in [0.1, 0.15) is 5.75 Å². The van der Waals surface area contributed by atoms with Crippen molar-refractivity contribution in [3.63, 3.8) is 0 Å². The van der Waals surface area contributed by atoms with Crippen molar-refractivity contribution in [2.75, 3.05) is 0 Å². The standard InChI is InChI=1S/C12H17NO2/c1-3-5-9(2)10-6-4-7-11(8-10)15-12(13)14/h4,6-9H,3,5H2,1-2H3,(H2,13,14). The summed E-state index contributed by atoms with van der Waals surface area (Å²) in [5, 5.41) is 0. The van der Waals surface area contributed by atoms with Crippen LogP contribution in [0.5, 0.6) is 5.75 Å². The van der Waals surface area contributed by atoms with Gasteiger partial charge >= 0.3 is 6.09 Å². The summed E-state index contributed by atoms with van der Waals surface area (Å²) in [5.74, 6) is 0.995. The Kier molecular flexibility index (Phi) is 4.16. The Bertz CT molecular complexity index is 336. The van der Waals surface area contributed by atoms with Crippen molar-refractivity contribution in [1.29, 1.82) is 0 Å². The highest BCUT2D eigenvalue weighted by Gasteiger charge is 2.06. The fraction of sp³-hybridized carbons (Fsp3) is 0.417. The molecule has 15 heavy (non-hydrogen) atoms. The molecular weight excluding hydrogens is 190 g/mol. The van der Waals surface area contributed by atoms with Gasteiger partial charge in [0, 0.05) is 0 Å². The van der Waals surface area contributed by atoms with Gasteiger partial charge in [-0.2, -0.15) is 0 Å². The van der Waals surface area contributed by atoms with Crippen molar-refractivity contribution in [2.24, 2.45) is 5.73 Å². The normalized spacial score (nSPS) is 12.1. The van der Waals surface area contributed by atoms with E-state index in [2.05, 4.69) is 13.8 Å². The van der Waals surface area contributed by atoms with Crippen LogP contribution in [-0.4, -0.2) is 6.09 Å². The van der Waals surface area contributed by atoms with Crippen LogP contribution in [0.25, 0.3) is 0 Å². The molecule has 0 fully saturated rings. The average molecular weight is 207 g/mol. The van der Waals surface area contributed by atoms with Crippen molar-refractivity contribution < 1.29 is 9.53 Å². The molecule has 3 heteroatoms. The van der Waals surface area contributed by atoms with E-state index in [0.717, 1.165) is 12.8 Å². The van der Waals surface area contributed by atoms with E-state index in [4.69, 9.17) is 10.5 Å². The van der Waals surface area contributed by atoms with E-state index < -0.39 is 6.09 Å². The molecule has 0 aromatic heterocycles. The van der Waals surface area contributed by atoms with Crippen molar-refractivity contribution in [3.8, 4) is 5.75 Å². The van der Waals surface area contributed by atoms with E-state index in [1.54, 1.807) is 6.07 Å². The zero-order chi connectivity index (χ0) is 11.3. The molecule has 1 unspecified atom stereocenters. The fourth-order valence-electron chi connectivity index (χ4n) is 1.60. The van der Waals surface area contributed by atoms with Crippen molar-refractivity contribution in [3.05, 3.63) is 29.8 Å². The van der Waals surface area contributed by atoms with E-state index in [-0.39, 0.29) is 0 Å². The second kappa shape index (κ2) is 5.39. The highest BCUT2D eigenvalue weighted by molar-refractivity contribution is 5.68. The summed E-state index contributed by atoms with van der Waals surface area (Å²) in [4.78, 5) is 10.6. The van der Waals surface area contributed by atoms with Gasteiger partial charge in [0.05, 0.1) is 0 Å². The van der Waals surface area contributed by atoms with E-state index >= 15 is 0 Å². The lowest BCUT2D eigenvalue weighted by atomic mass is 9.96. The van der Waals surface area contributed by atoms with Crippen LogP contribution in [0.15, 0.2) is 24.3 Å². The molecular formula is C12H17NO2. The first-order valence-corrected chi connectivity index (χ1v) is 5.20. The Balaban J connectivity index is 2.77. The summed E-state index contributed by atoms with van der Waals surface area (Å²) in [6, 6.07) is 7.51. The van der Waals surface area contributed by atoms with Crippen LogP contribution in [0.2, 0.25) is 0 Å². The minimum atomic E-state index is -0.768. The molecule has 1 rings (SSSR count). The maximum Gasteiger partial charge on any atom is 0.409 e. The van der Waals surface area contributed by atoms with Gasteiger partial charge in [0.2, 0.25) is 0 Å². The molecule has 0 bridgehead atoms. The summed E-state index contributed by atoms with van der Waals surface area (Å²) >= 11 is 0. The van der Waals surface area contributed by atoms with Gasteiger partial charge in [0.15, 0.2) is 0 Å². The summed E-state index contributed by atoms with van der Waals surface area (Å²) in [7, 11) is 0. The first-order valence-electron chi connectivity index (χ1n) is 5.20. The van der Waals surface area contributed by atoms with E-state index in [0.29, 0.717) is 11.7 Å². The zero-order valence-corrected chi connectivity index (χ0v) is 9.19. The lowest BCUT2D eigenvalue weighted by molar-refractivity contribution is 0.211. The topological polar surface area (TPSA) is 52.3 Å². The third-order valence-corrected chi connectivity index (χ3v) is 2.37. The third-order valence-electron chi connectivity index (χ3n) is 2.37. The van der Waals surface area contributed by atoms with Gasteiger partial charge in [-0.25, -0.2) is 4.79 Å². The number of primary amides is 1. The maximum atomic E-state index is 10.6. The monoisotopic (exact) mass is 207 g/mol. The van der Waals surface area contributed by atoms with Crippen molar-refractivity contribution in [2.45, 2.75) is 32.6 Å². The molecule has 0 spiro atoms. The van der Waals surface area contributed by atoms with E-state index in [1.165, 1.54) is 5.56 Å². The number of benzene rings is 1. The highest BCUT2D eigenvalue weighted by atomic mass is 16.5. The Hall–Kier alpha value is -1.51. The first kappa shape index (κ1) is 11.6. The SMILES string of the molecule is CCCC(C)c1cccc(OC(N)=O)c1. The Labute approximate surface area is 90.2 Å². The molecule has 0 aliphatic carbocycles. The number of hydrogen-bond acceptors (Lipinski definition) is 2. The number of hydrogen-bond donors (Lipinski definition) is 1. The molecule has 0 aliphatic rings. The summed E-state index contributed by atoms with van der Waals surface area (Å²) in [6.07, 6.45) is 1.50. The largest absolute Gasteiger partial charge is 0.410 e. The van der Waals surface area contributed by atoms with Gasteiger partial charge < -0.3 is 10.5 Å². The molecule has 1 amide bonds. The summed E-state index contributed by atoms with van der Waals surface area (Å²) < 4.78 is 4.82. The lowest BCUT2D eigenvalue weighted by Gasteiger charge is -2.11. The van der Waals surface area contributed by atoms with Crippen LogP contribution in [0, 0.1) is 0 Å². The minimum absolute atomic E-state index is 0.478. The van der Waals surface area contributed by atoms with Crippen LogP contribution < -0.4 is 10.5 Å². The Morgan fingerprint density at radius 1 is 1.53 bits per heavy atom. The predicted molar refractivity (Wildman–Crippen MR) is 60.0 cm³/mol. The summed E-state index contributed by atoms with van der Waals surface area (Å²) in [6.45, 7) is 4.31. The van der Waals surface area contributed by atoms with Gasteiger partial charge in [-0.05, 0) is 30.0 Å². The minimum Gasteiger partial charge on any atom is -0.410 e. The molecule has 3 nitrogen and oxygen atoms in total. The van der Waals surface area contributed by atoms with Gasteiger partial charge in [0.25, 0.3) is 0 Å². The Morgan fingerprint density at radius 2 is 2.27 bits per heavy atom. The molecule has 0 saturated carbocycles. The number of amides is 1. The number of rotatable bonds is 4. The van der Waals surface area contributed by atoms with Crippen molar-refractivity contribution in [1.82, 2.24) is 0 Å². The average Bonchev–Trinajstić information content (AvgIpc) is 2.17. The van der Waals surface area contributed by atoms with Crippen LogP contribution in [-0.2, 0) is 0 Å². The van der Waals surface area contributed by atoms with Gasteiger partial charge in [-0.1, -0.05) is 32.4 Å². The second-order valence-corrected chi connectivity index (χ2v) is 3.68. The molecule has 0 heterocycles. The number of ether oxygens (including phenoxy) is 1. The quantitative estimate of drug-likeness (QED) is 0.825. The van der Waals surface area contributed by atoms with E-state index in [1.807, 2.05) is 18.2 Å². The zero-order valence-electron chi connectivity index (χ0n) is 9.19. The molecule has 2 N–H and O–H groups in total. The maximum absolute atomic E-state index is 10.6. The number of carbonyl (C=O) groups is 1. The second-order valence-electron chi connectivity index (χ2n) is 3.68. The molecule has 0 saturated heterocycles. The molecule has 1 aromatic carbocycles. The number of nitrogens with two attached hydrogens (primary N) is 1. The Morgan fingerprint density at radius 3 is 2.87 bits per heavy atom. The van der Waals surface area contributed by atoms with Crippen LogP contribution in [0.1, 0.15) is 38.2 Å². The van der Waals surface area contributed by atoms with Crippen LogP contribution in [0.3, 0.4) is 0 Å². The fourth-order valence-corrected chi connectivity index (χ4v) is 1.60. The van der Waals surface area contributed by atoms with E-state index in [9.17, 15) is 4.79 Å².